The zero-order chi connectivity index (χ0) is 17.4. The second-order valence-corrected chi connectivity index (χ2v) is 11.1. The second-order valence-electron chi connectivity index (χ2n) is 7.66. The van der Waals surface area contributed by atoms with E-state index in [9.17, 15) is 13.2 Å². The molecule has 0 saturated carbocycles. The number of halogens is 3. The van der Waals surface area contributed by atoms with Crippen LogP contribution in [-0.2, 0) is 6.42 Å². The summed E-state index contributed by atoms with van der Waals surface area (Å²) in [6, 6.07) is 6.91. The van der Waals surface area contributed by atoms with Crippen LogP contribution in [0.15, 0.2) is 12.1 Å². The Kier molecular flexibility index (Phi) is 8.37. The lowest BCUT2D eigenvalue weighted by Crippen LogP contribution is -2.15. The minimum absolute atomic E-state index is 0.375. The number of rotatable bonds is 9. The van der Waals surface area contributed by atoms with Gasteiger partial charge in [0.25, 0.3) is 0 Å². The minimum atomic E-state index is -1.37. The van der Waals surface area contributed by atoms with Crippen LogP contribution < -0.4 is 0 Å². The Hall–Kier alpha value is -0.773. The molecule has 0 N–H and O–H groups in total. The number of unbranched alkanes of at least 4 members (excludes halogenated alkanes) is 1. The zero-order valence-electron chi connectivity index (χ0n) is 14.9. The standard InChI is InChI=1S/C20H31F3Si/c1-16(9-7-13-24-11-5-2-6-12-24)8-3-4-10-17-14-18(21)20(23)19(22)15-17/h14-16,24H,2-13H2,1H3. The fourth-order valence-electron chi connectivity index (χ4n) is 3.95. The molecule has 0 spiro atoms. The largest absolute Gasteiger partial charge is 0.204 e. The summed E-state index contributed by atoms with van der Waals surface area (Å²) < 4.78 is 39.2. The highest BCUT2D eigenvalue weighted by Gasteiger charge is 2.15. The van der Waals surface area contributed by atoms with Gasteiger partial charge in [0, 0.05) is 8.80 Å². The van der Waals surface area contributed by atoms with Crippen LogP contribution >= 0.6 is 0 Å². The molecular formula is C20H31F3Si. The lowest BCUT2D eigenvalue weighted by molar-refractivity contribution is 0.442. The number of hydrogen-bond donors (Lipinski definition) is 0. The molecule has 1 aliphatic rings. The fourth-order valence-corrected chi connectivity index (χ4v) is 7.36. The summed E-state index contributed by atoms with van der Waals surface area (Å²) in [5.41, 5.74) is 0.558. The van der Waals surface area contributed by atoms with E-state index in [-0.39, 0.29) is 8.80 Å². The molecule has 1 fully saturated rings. The molecule has 0 aromatic heterocycles. The third-order valence-corrected chi connectivity index (χ3v) is 9.16. The van der Waals surface area contributed by atoms with Gasteiger partial charge in [-0.1, -0.05) is 70.0 Å². The van der Waals surface area contributed by atoms with Crippen molar-refractivity contribution in [1.29, 1.82) is 0 Å². The van der Waals surface area contributed by atoms with E-state index >= 15 is 0 Å². The van der Waals surface area contributed by atoms with Gasteiger partial charge in [-0.25, -0.2) is 13.2 Å². The van der Waals surface area contributed by atoms with Crippen molar-refractivity contribution in [1.82, 2.24) is 0 Å². The summed E-state index contributed by atoms with van der Waals surface area (Å²) in [5, 5.41) is 0. The van der Waals surface area contributed by atoms with Crippen LogP contribution in [0.5, 0.6) is 0 Å². The highest BCUT2D eigenvalue weighted by atomic mass is 28.3. The molecule has 1 atom stereocenters. The Balaban J connectivity index is 1.56. The molecule has 2 rings (SSSR count). The summed E-state index contributed by atoms with van der Waals surface area (Å²) in [7, 11) is -0.375. The molecule has 1 saturated heterocycles. The average Bonchev–Trinajstić information content (AvgIpc) is 2.57. The molecule has 24 heavy (non-hydrogen) atoms. The van der Waals surface area contributed by atoms with E-state index < -0.39 is 17.5 Å². The summed E-state index contributed by atoms with van der Waals surface area (Å²) >= 11 is 0. The van der Waals surface area contributed by atoms with E-state index in [1.165, 1.54) is 44.6 Å². The Morgan fingerprint density at radius 2 is 1.54 bits per heavy atom. The Morgan fingerprint density at radius 1 is 0.917 bits per heavy atom. The Morgan fingerprint density at radius 3 is 2.21 bits per heavy atom. The minimum Gasteiger partial charge on any atom is -0.204 e. The van der Waals surface area contributed by atoms with E-state index in [1.54, 1.807) is 12.1 Å². The Labute approximate surface area is 146 Å². The van der Waals surface area contributed by atoms with Gasteiger partial charge in [-0.15, -0.1) is 0 Å². The molecular weight excluding hydrogens is 325 g/mol. The molecule has 0 radical (unpaired) electrons. The van der Waals surface area contributed by atoms with E-state index in [1.807, 2.05) is 0 Å². The average molecular weight is 357 g/mol. The molecule has 1 heterocycles. The van der Waals surface area contributed by atoms with Gasteiger partial charge in [0.1, 0.15) is 0 Å². The number of aryl methyl sites for hydroxylation is 1. The van der Waals surface area contributed by atoms with Crippen molar-refractivity contribution in [2.24, 2.45) is 5.92 Å². The zero-order valence-corrected chi connectivity index (χ0v) is 16.1. The Bertz CT molecular complexity index is 475. The number of benzene rings is 1. The predicted octanol–water partition coefficient (Wildman–Crippen LogP) is 6.64. The lowest BCUT2D eigenvalue weighted by Gasteiger charge is -2.20. The van der Waals surface area contributed by atoms with Gasteiger partial charge < -0.3 is 0 Å². The van der Waals surface area contributed by atoms with Crippen molar-refractivity contribution < 1.29 is 13.2 Å². The molecule has 1 aromatic rings. The molecule has 136 valence electrons. The van der Waals surface area contributed by atoms with E-state index in [2.05, 4.69) is 6.92 Å². The third-order valence-electron chi connectivity index (χ3n) is 5.49. The van der Waals surface area contributed by atoms with Gasteiger partial charge in [0.2, 0.25) is 0 Å². The van der Waals surface area contributed by atoms with Crippen molar-refractivity contribution in [3.8, 4) is 0 Å². The topological polar surface area (TPSA) is 0 Å². The maximum absolute atomic E-state index is 13.2. The summed E-state index contributed by atoms with van der Waals surface area (Å²) in [5.74, 6) is -2.78. The first kappa shape index (κ1) is 19.6. The van der Waals surface area contributed by atoms with Crippen LogP contribution in [0.2, 0.25) is 18.1 Å². The van der Waals surface area contributed by atoms with Gasteiger partial charge in [-0.2, -0.15) is 0 Å². The number of hydrogen-bond acceptors (Lipinski definition) is 0. The van der Waals surface area contributed by atoms with Crippen molar-refractivity contribution in [2.75, 3.05) is 0 Å². The molecule has 0 aliphatic carbocycles. The molecule has 1 unspecified atom stereocenters. The summed E-state index contributed by atoms with van der Waals surface area (Å²) in [4.78, 5) is 0. The highest BCUT2D eigenvalue weighted by Crippen LogP contribution is 2.25. The van der Waals surface area contributed by atoms with Crippen molar-refractivity contribution in [3.05, 3.63) is 35.1 Å². The van der Waals surface area contributed by atoms with Crippen molar-refractivity contribution in [2.45, 2.75) is 82.8 Å². The third kappa shape index (κ3) is 6.62. The van der Waals surface area contributed by atoms with E-state index in [0.717, 1.165) is 30.9 Å². The van der Waals surface area contributed by atoms with Crippen LogP contribution in [0.1, 0.15) is 63.9 Å². The maximum atomic E-state index is 13.2. The normalized spacial score (nSPS) is 17.2. The van der Waals surface area contributed by atoms with Gasteiger partial charge in [-0.05, 0) is 36.5 Å². The maximum Gasteiger partial charge on any atom is 0.194 e. The van der Waals surface area contributed by atoms with Crippen molar-refractivity contribution >= 4 is 8.80 Å². The van der Waals surface area contributed by atoms with Gasteiger partial charge in [-0.3, -0.25) is 0 Å². The first-order chi connectivity index (χ1) is 11.6. The summed E-state index contributed by atoms with van der Waals surface area (Å²) in [6.07, 6.45) is 10.9. The highest BCUT2D eigenvalue weighted by molar-refractivity contribution is 6.58. The molecule has 0 bridgehead atoms. The van der Waals surface area contributed by atoms with Crippen LogP contribution in [0.4, 0.5) is 13.2 Å². The lowest BCUT2D eigenvalue weighted by atomic mass is 9.97. The van der Waals surface area contributed by atoms with Crippen LogP contribution in [0.3, 0.4) is 0 Å². The van der Waals surface area contributed by atoms with Gasteiger partial charge in [0.15, 0.2) is 17.5 Å². The second kappa shape index (κ2) is 10.3. The monoisotopic (exact) mass is 356 g/mol. The van der Waals surface area contributed by atoms with E-state index in [4.69, 9.17) is 0 Å². The quantitative estimate of drug-likeness (QED) is 0.264. The van der Waals surface area contributed by atoms with Crippen LogP contribution in [0.25, 0.3) is 0 Å². The van der Waals surface area contributed by atoms with Crippen LogP contribution in [-0.4, -0.2) is 8.80 Å². The molecule has 4 heteroatoms. The molecule has 0 nitrogen and oxygen atoms in total. The molecule has 0 amide bonds. The summed E-state index contributed by atoms with van der Waals surface area (Å²) in [6.45, 7) is 2.32. The van der Waals surface area contributed by atoms with Gasteiger partial charge >= 0.3 is 0 Å². The predicted molar refractivity (Wildman–Crippen MR) is 97.7 cm³/mol. The SMILES string of the molecule is CC(CCCCc1cc(F)c(F)c(F)c1)CCC[SiH]1CCCCC1. The van der Waals surface area contributed by atoms with Gasteiger partial charge in [0.05, 0.1) is 0 Å². The van der Waals surface area contributed by atoms with Crippen molar-refractivity contribution in [3.63, 3.8) is 0 Å². The smallest absolute Gasteiger partial charge is 0.194 e. The molecule has 1 aliphatic heterocycles. The fraction of sp³-hybridized carbons (Fsp3) is 0.700. The van der Waals surface area contributed by atoms with Crippen LogP contribution in [0, 0.1) is 23.4 Å². The first-order valence-corrected chi connectivity index (χ1v) is 12.1. The van der Waals surface area contributed by atoms with E-state index in [0.29, 0.717) is 12.0 Å². The first-order valence-electron chi connectivity index (χ1n) is 9.69. The molecule has 1 aromatic carbocycles.